The number of nitrogens with zero attached hydrogens (tertiary/aromatic N) is 1. The third-order valence-electron chi connectivity index (χ3n) is 3.30. The van der Waals surface area contributed by atoms with Crippen molar-refractivity contribution in [2.75, 3.05) is 7.05 Å². The molecule has 19 heavy (non-hydrogen) atoms. The number of rotatable bonds is 3. The van der Waals surface area contributed by atoms with Gasteiger partial charge < -0.3 is 5.32 Å². The molecule has 0 fully saturated rings. The van der Waals surface area contributed by atoms with Gasteiger partial charge in [-0.2, -0.15) is 0 Å². The quantitative estimate of drug-likeness (QED) is 0.779. The van der Waals surface area contributed by atoms with E-state index < -0.39 is 0 Å². The van der Waals surface area contributed by atoms with Crippen molar-refractivity contribution in [3.8, 4) is 0 Å². The molecule has 0 aliphatic rings. The average Bonchev–Trinajstić information content (AvgIpc) is 2.93. The lowest BCUT2D eigenvalue weighted by Gasteiger charge is -2.18. The summed E-state index contributed by atoms with van der Waals surface area (Å²) in [6, 6.07) is 15.0. The van der Waals surface area contributed by atoms with Crippen LogP contribution in [0.4, 0.5) is 0 Å². The van der Waals surface area contributed by atoms with Gasteiger partial charge in [0.2, 0.25) is 0 Å². The van der Waals surface area contributed by atoms with Crippen LogP contribution in [0.15, 0.2) is 47.8 Å². The number of aryl methyl sites for hydroxylation is 1. The van der Waals surface area contributed by atoms with E-state index in [1.807, 2.05) is 13.1 Å². The minimum absolute atomic E-state index is 0.228. The van der Waals surface area contributed by atoms with Crippen LogP contribution in [0.25, 0.3) is 10.9 Å². The highest BCUT2D eigenvalue weighted by atomic mass is 32.1. The summed E-state index contributed by atoms with van der Waals surface area (Å²) in [5.41, 5.74) is 3.42. The number of thiophene rings is 1. The van der Waals surface area contributed by atoms with Gasteiger partial charge in [0.25, 0.3) is 0 Å². The predicted octanol–water partition coefficient (Wildman–Crippen LogP) is 3.91. The Hall–Kier alpha value is -1.71. The summed E-state index contributed by atoms with van der Waals surface area (Å²) >= 11 is 1.78. The Bertz CT molecular complexity index is 689. The number of hydrogen-bond acceptors (Lipinski definition) is 3. The van der Waals surface area contributed by atoms with Gasteiger partial charge in [-0.1, -0.05) is 24.3 Å². The van der Waals surface area contributed by atoms with Crippen LogP contribution in [-0.4, -0.2) is 12.0 Å². The van der Waals surface area contributed by atoms with Gasteiger partial charge in [-0.15, -0.1) is 11.3 Å². The van der Waals surface area contributed by atoms with Crippen LogP contribution in [0.1, 0.15) is 22.2 Å². The molecule has 1 N–H and O–H groups in total. The Labute approximate surface area is 117 Å². The Morgan fingerprint density at radius 2 is 2.00 bits per heavy atom. The van der Waals surface area contributed by atoms with Crippen molar-refractivity contribution in [2.45, 2.75) is 13.0 Å². The molecule has 0 aliphatic heterocycles. The minimum Gasteiger partial charge on any atom is -0.309 e. The zero-order chi connectivity index (χ0) is 13.2. The fraction of sp³-hybridized carbons (Fsp3) is 0.188. The molecule has 3 aromatic rings. The second-order valence-electron chi connectivity index (χ2n) is 4.61. The fourth-order valence-corrected chi connectivity index (χ4v) is 3.34. The van der Waals surface area contributed by atoms with Crippen molar-refractivity contribution in [3.05, 3.63) is 64.0 Å². The van der Waals surface area contributed by atoms with Gasteiger partial charge in [-0.3, -0.25) is 4.98 Å². The van der Waals surface area contributed by atoms with E-state index in [1.54, 1.807) is 11.3 Å². The number of benzene rings is 1. The summed E-state index contributed by atoms with van der Waals surface area (Å²) in [6.45, 7) is 2.05. The maximum absolute atomic E-state index is 4.61. The topological polar surface area (TPSA) is 24.9 Å². The van der Waals surface area contributed by atoms with E-state index >= 15 is 0 Å². The van der Waals surface area contributed by atoms with Gasteiger partial charge in [0.15, 0.2) is 0 Å². The lowest BCUT2D eigenvalue weighted by atomic mass is 10.00. The molecule has 96 valence electrons. The molecule has 1 unspecified atom stereocenters. The number of aromatic nitrogens is 1. The van der Waals surface area contributed by atoms with Crippen LogP contribution in [-0.2, 0) is 0 Å². The summed E-state index contributed by atoms with van der Waals surface area (Å²) in [5, 5.41) is 6.77. The molecule has 0 radical (unpaired) electrons. The van der Waals surface area contributed by atoms with Gasteiger partial charge in [0, 0.05) is 16.0 Å². The molecule has 2 aromatic heterocycles. The zero-order valence-corrected chi connectivity index (χ0v) is 11.9. The molecule has 3 heteroatoms. The first-order valence-corrected chi connectivity index (χ1v) is 7.24. The van der Waals surface area contributed by atoms with E-state index in [2.05, 4.69) is 59.0 Å². The largest absolute Gasteiger partial charge is 0.309 e. The summed E-state index contributed by atoms with van der Waals surface area (Å²) < 4.78 is 0. The first kappa shape index (κ1) is 12.3. The van der Waals surface area contributed by atoms with Crippen molar-refractivity contribution in [2.24, 2.45) is 0 Å². The number of nitrogens with one attached hydrogen (secondary N) is 1. The molecular formula is C16H16N2S. The second-order valence-corrected chi connectivity index (χ2v) is 5.59. The van der Waals surface area contributed by atoms with Crippen molar-refractivity contribution < 1.29 is 0 Å². The zero-order valence-electron chi connectivity index (χ0n) is 11.1. The Morgan fingerprint density at radius 3 is 2.74 bits per heavy atom. The molecule has 0 saturated carbocycles. The van der Waals surface area contributed by atoms with Gasteiger partial charge in [-0.05, 0) is 43.1 Å². The van der Waals surface area contributed by atoms with Gasteiger partial charge in [0.05, 0.1) is 11.6 Å². The average molecular weight is 268 g/mol. The van der Waals surface area contributed by atoms with Gasteiger partial charge in [-0.25, -0.2) is 0 Å². The third kappa shape index (κ3) is 2.27. The Balaban J connectivity index is 2.23. The molecule has 0 aliphatic carbocycles. The first-order valence-electron chi connectivity index (χ1n) is 6.36. The summed E-state index contributed by atoms with van der Waals surface area (Å²) in [6.07, 6.45) is 0. The summed E-state index contributed by atoms with van der Waals surface area (Å²) in [5.74, 6) is 0. The number of fused-ring (bicyclic) bond motifs is 1. The minimum atomic E-state index is 0.228. The van der Waals surface area contributed by atoms with Crippen molar-refractivity contribution in [1.29, 1.82) is 0 Å². The maximum atomic E-state index is 4.61. The molecule has 0 spiro atoms. The molecule has 1 atom stereocenters. The van der Waals surface area contributed by atoms with Gasteiger partial charge in [0.1, 0.15) is 0 Å². The monoisotopic (exact) mass is 268 g/mol. The second kappa shape index (κ2) is 5.11. The van der Waals surface area contributed by atoms with Crippen LogP contribution in [0.3, 0.4) is 0 Å². The molecule has 2 heterocycles. The van der Waals surface area contributed by atoms with Crippen LogP contribution in [0.2, 0.25) is 0 Å². The standard InChI is InChI=1S/C16H16N2S/c1-11-10-13(12-6-3-4-7-14(12)18-11)16(17-2)15-8-5-9-19-15/h3-10,16-17H,1-2H3. The number of para-hydroxylation sites is 1. The summed E-state index contributed by atoms with van der Waals surface area (Å²) in [7, 11) is 2.01. The van der Waals surface area contributed by atoms with E-state index in [9.17, 15) is 0 Å². The Morgan fingerprint density at radius 1 is 1.16 bits per heavy atom. The smallest absolute Gasteiger partial charge is 0.0708 e. The van der Waals surface area contributed by atoms with Crippen LogP contribution in [0.5, 0.6) is 0 Å². The third-order valence-corrected chi connectivity index (χ3v) is 4.24. The molecule has 2 nitrogen and oxygen atoms in total. The normalized spacial score (nSPS) is 12.7. The first-order chi connectivity index (χ1) is 9.29. The summed E-state index contributed by atoms with van der Waals surface area (Å²) in [4.78, 5) is 5.94. The number of hydrogen-bond donors (Lipinski definition) is 1. The Kier molecular flexibility index (Phi) is 3.32. The van der Waals surface area contributed by atoms with E-state index in [1.165, 1.54) is 15.8 Å². The molecule has 0 bridgehead atoms. The predicted molar refractivity (Wildman–Crippen MR) is 81.7 cm³/mol. The van der Waals surface area contributed by atoms with E-state index in [4.69, 9.17) is 0 Å². The number of pyridine rings is 1. The SMILES string of the molecule is CNC(c1cccs1)c1cc(C)nc2ccccc12. The lowest BCUT2D eigenvalue weighted by Crippen LogP contribution is -2.17. The van der Waals surface area contributed by atoms with E-state index in [-0.39, 0.29) is 6.04 Å². The molecule has 1 aromatic carbocycles. The van der Waals surface area contributed by atoms with Crippen LogP contribution < -0.4 is 5.32 Å². The van der Waals surface area contributed by atoms with E-state index in [0.717, 1.165) is 11.2 Å². The van der Waals surface area contributed by atoms with Gasteiger partial charge >= 0.3 is 0 Å². The molecule has 0 amide bonds. The van der Waals surface area contributed by atoms with Crippen molar-refractivity contribution >= 4 is 22.2 Å². The van der Waals surface area contributed by atoms with Crippen molar-refractivity contribution in [1.82, 2.24) is 10.3 Å². The fourth-order valence-electron chi connectivity index (χ4n) is 2.49. The van der Waals surface area contributed by atoms with E-state index in [0.29, 0.717) is 0 Å². The van der Waals surface area contributed by atoms with Crippen LogP contribution >= 0.6 is 11.3 Å². The highest BCUT2D eigenvalue weighted by Crippen LogP contribution is 2.30. The molecule has 0 saturated heterocycles. The maximum Gasteiger partial charge on any atom is 0.0708 e. The molecular weight excluding hydrogens is 252 g/mol. The lowest BCUT2D eigenvalue weighted by molar-refractivity contribution is 0.707. The highest BCUT2D eigenvalue weighted by Gasteiger charge is 2.16. The van der Waals surface area contributed by atoms with Crippen LogP contribution in [0, 0.1) is 6.92 Å². The molecule has 3 rings (SSSR count). The highest BCUT2D eigenvalue weighted by molar-refractivity contribution is 7.10. The van der Waals surface area contributed by atoms with Crippen molar-refractivity contribution in [3.63, 3.8) is 0 Å².